The first kappa shape index (κ1) is 18.8. The van der Waals surface area contributed by atoms with E-state index < -0.39 is 10.0 Å². The minimum Gasteiger partial charge on any atom is -0.420 e. The van der Waals surface area contributed by atoms with Crippen LogP contribution < -0.4 is 4.90 Å². The summed E-state index contributed by atoms with van der Waals surface area (Å²) in [6.45, 7) is 2.29. The Morgan fingerprint density at radius 2 is 1.72 bits per heavy atom. The van der Waals surface area contributed by atoms with Crippen molar-refractivity contribution >= 4 is 27.0 Å². The monoisotopic (exact) mass is 430 g/mol. The second-order valence-corrected chi connectivity index (χ2v) is 10.7. The maximum Gasteiger partial charge on any atom is 0.257 e. The summed E-state index contributed by atoms with van der Waals surface area (Å²) in [4.78, 5) is 2.91. The van der Waals surface area contributed by atoms with Gasteiger partial charge in [0.15, 0.2) is 0 Å². The molecular weight excluding hydrogens is 408 g/mol. The van der Waals surface area contributed by atoms with Crippen LogP contribution in [0.5, 0.6) is 0 Å². The molecule has 3 heterocycles. The third-order valence-electron chi connectivity index (χ3n) is 5.64. The van der Waals surface area contributed by atoms with Crippen molar-refractivity contribution < 1.29 is 12.8 Å². The molecule has 0 bridgehead atoms. The van der Waals surface area contributed by atoms with Gasteiger partial charge in [0.25, 0.3) is 15.9 Å². The van der Waals surface area contributed by atoms with Crippen LogP contribution in [-0.4, -0.2) is 49.1 Å². The predicted molar refractivity (Wildman–Crippen MR) is 112 cm³/mol. The lowest BCUT2D eigenvalue weighted by atomic mass is 9.85. The maximum atomic E-state index is 13.1. The van der Waals surface area contributed by atoms with Crippen LogP contribution in [0.25, 0.3) is 10.8 Å². The molecule has 9 heteroatoms. The number of para-hydroxylation sites is 1. The molecule has 0 N–H and O–H groups in total. The van der Waals surface area contributed by atoms with Gasteiger partial charge in [-0.2, -0.15) is 4.31 Å². The Bertz CT molecular complexity index is 1080. The van der Waals surface area contributed by atoms with Crippen LogP contribution in [0.3, 0.4) is 0 Å². The number of hydrogen-bond acceptors (Lipinski definition) is 7. The van der Waals surface area contributed by atoms with Gasteiger partial charge in [0, 0.05) is 37.8 Å². The van der Waals surface area contributed by atoms with E-state index >= 15 is 0 Å². The van der Waals surface area contributed by atoms with E-state index in [1.807, 2.05) is 18.2 Å². The van der Waals surface area contributed by atoms with E-state index in [1.54, 1.807) is 16.4 Å². The third-order valence-corrected chi connectivity index (χ3v) is 9.08. The van der Waals surface area contributed by atoms with E-state index in [9.17, 15) is 8.42 Å². The smallest absolute Gasteiger partial charge is 0.257 e. The highest BCUT2D eigenvalue weighted by Gasteiger charge is 2.31. The highest BCUT2D eigenvalue weighted by Crippen LogP contribution is 2.38. The summed E-state index contributed by atoms with van der Waals surface area (Å²) >= 11 is 1.19. The van der Waals surface area contributed by atoms with Gasteiger partial charge in [0.1, 0.15) is 4.21 Å². The van der Waals surface area contributed by atoms with Crippen LogP contribution in [0.2, 0.25) is 0 Å². The SMILES string of the molecule is O=S(=O)(c1ccc(-c2nnc(C3CCC3)o2)s1)N1CCN(c2ccccc2)CC1. The third kappa shape index (κ3) is 3.58. The highest BCUT2D eigenvalue weighted by molar-refractivity contribution is 7.91. The zero-order chi connectivity index (χ0) is 19.8. The molecule has 2 aromatic heterocycles. The van der Waals surface area contributed by atoms with E-state index in [-0.39, 0.29) is 0 Å². The topological polar surface area (TPSA) is 79.5 Å². The molecule has 29 heavy (non-hydrogen) atoms. The van der Waals surface area contributed by atoms with Crippen molar-refractivity contribution in [1.29, 1.82) is 0 Å². The molecule has 5 rings (SSSR count). The molecule has 0 atom stereocenters. The Kier molecular flexibility index (Phi) is 4.89. The molecule has 3 aromatic rings. The minimum atomic E-state index is -3.52. The van der Waals surface area contributed by atoms with E-state index in [2.05, 4.69) is 27.2 Å². The summed E-state index contributed by atoms with van der Waals surface area (Å²) in [6, 6.07) is 13.5. The molecule has 7 nitrogen and oxygen atoms in total. The normalized spacial score (nSPS) is 18.7. The van der Waals surface area contributed by atoms with Crippen LogP contribution >= 0.6 is 11.3 Å². The summed E-state index contributed by atoms with van der Waals surface area (Å²) in [5.74, 6) is 1.44. The van der Waals surface area contributed by atoms with Crippen molar-refractivity contribution in [2.45, 2.75) is 29.4 Å². The molecule has 0 radical (unpaired) electrons. The maximum absolute atomic E-state index is 13.1. The van der Waals surface area contributed by atoms with Crippen LogP contribution in [0.1, 0.15) is 31.1 Å². The van der Waals surface area contributed by atoms with Crippen molar-refractivity contribution in [2.75, 3.05) is 31.1 Å². The molecule has 1 saturated carbocycles. The average molecular weight is 431 g/mol. The fraction of sp³-hybridized carbons (Fsp3) is 0.400. The Hall–Kier alpha value is -2.23. The second kappa shape index (κ2) is 7.55. The molecule has 1 aromatic carbocycles. The molecule has 2 fully saturated rings. The van der Waals surface area contributed by atoms with Gasteiger partial charge in [0.05, 0.1) is 4.88 Å². The Balaban J connectivity index is 1.29. The number of rotatable bonds is 5. The number of piperazine rings is 1. The van der Waals surface area contributed by atoms with Crippen molar-refractivity contribution in [2.24, 2.45) is 0 Å². The van der Waals surface area contributed by atoms with Gasteiger partial charge in [-0.15, -0.1) is 21.5 Å². The average Bonchev–Trinajstić information content (AvgIpc) is 3.38. The van der Waals surface area contributed by atoms with Crippen LogP contribution in [0, 0.1) is 0 Å². The van der Waals surface area contributed by atoms with Crippen molar-refractivity contribution in [3.8, 4) is 10.8 Å². The van der Waals surface area contributed by atoms with Crippen LogP contribution in [0.15, 0.2) is 51.1 Å². The molecule has 0 spiro atoms. The first-order valence-corrected chi connectivity index (χ1v) is 12.1. The molecular formula is C20H22N4O3S2. The largest absolute Gasteiger partial charge is 0.420 e. The Morgan fingerprint density at radius 1 is 0.966 bits per heavy atom. The van der Waals surface area contributed by atoms with Crippen molar-refractivity contribution in [1.82, 2.24) is 14.5 Å². The van der Waals surface area contributed by atoms with Crippen molar-refractivity contribution in [3.63, 3.8) is 0 Å². The molecule has 2 aliphatic rings. The summed E-state index contributed by atoms with van der Waals surface area (Å²) < 4.78 is 33.9. The minimum absolute atomic E-state index is 0.323. The summed E-state index contributed by atoms with van der Waals surface area (Å²) in [7, 11) is -3.52. The summed E-state index contributed by atoms with van der Waals surface area (Å²) in [6.07, 6.45) is 3.36. The first-order chi connectivity index (χ1) is 14.1. The van der Waals surface area contributed by atoms with E-state index in [0.29, 0.717) is 53.0 Å². The van der Waals surface area contributed by atoms with Crippen LogP contribution in [0.4, 0.5) is 5.69 Å². The molecule has 152 valence electrons. The van der Waals surface area contributed by atoms with Gasteiger partial charge < -0.3 is 9.32 Å². The van der Waals surface area contributed by atoms with Crippen LogP contribution in [-0.2, 0) is 10.0 Å². The highest BCUT2D eigenvalue weighted by atomic mass is 32.2. The summed E-state index contributed by atoms with van der Waals surface area (Å²) in [5, 5.41) is 8.26. The quantitative estimate of drug-likeness (QED) is 0.616. The van der Waals surface area contributed by atoms with E-state index in [0.717, 1.165) is 18.5 Å². The molecule has 0 unspecified atom stereocenters. The lowest BCUT2D eigenvalue weighted by Crippen LogP contribution is -2.48. The van der Waals surface area contributed by atoms with Gasteiger partial charge in [-0.05, 0) is 37.1 Å². The number of aromatic nitrogens is 2. The fourth-order valence-electron chi connectivity index (χ4n) is 3.68. The van der Waals surface area contributed by atoms with Gasteiger partial charge in [-0.3, -0.25) is 0 Å². The number of sulfonamides is 1. The number of benzene rings is 1. The Labute approximate surface area is 174 Å². The van der Waals surface area contributed by atoms with Gasteiger partial charge in [0.2, 0.25) is 5.89 Å². The lowest BCUT2D eigenvalue weighted by Gasteiger charge is -2.35. The predicted octanol–water partition coefficient (Wildman–Crippen LogP) is 3.58. The molecule has 1 saturated heterocycles. The van der Waals surface area contributed by atoms with Gasteiger partial charge >= 0.3 is 0 Å². The first-order valence-electron chi connectivity index (χ1n) is 9.85. The second-order valence-electron chi connectivity index (χ2n) is 7.42. The zero-order valence-electron chi connectivity index (χ0n) is 15.9. The lowest BCUT2D eigenvalue weighted by molar-refractivity contribution is 0.338. The standard InChI is InChI=1S/C20H22N4O3S2/c25-29(26,24-13-11-23(12-14-24)16-7-2-1-3-8-16)18-10-9-17(28-18)20-22-21-19(27-20)15-5-4-6-15/h1-3,7-10,15H,4-6,11-14H2. The number of nitrogens with zero attached hydrogens (tertiary/aromatic N) is 4. The number of thiophene rings is 1. The zero-order valence-corrected chi connectivity index (χ0v) is 17.5. The summed E-state index contributed by atoms with van der Waals surface area (Å²) in [5.41, 5.74) is 1.13. The Morgan fingerprint density at radius 3 is 2.41 bits per heavy atom. The fourth-order valence-corrected chi connectivity index (χ4v) is 6.48. The molecule has 1 aliphatic carbocycles. The molecule has 0 amide bonds. The van der Waals surface area contributed by atoms with E-state index in [4.69, 9.17) is 4.42 Å². The van der Waals surface area contributed by atoms with E-state index in [1.165, 1.54) is 17.8 Å². The number of hydrogen-bond donors (Lipinski definition) is 0. The molecule has 1 aliphatic heterocycles. The van der Waals surface area contributed by atoms with Gasteiger partial charge in [-0.25, -0.2) is 8.42 Å². The number of anilines is 1. The van der Waals surface area contributed by atoms with Gasteiger partial charge in [-0.1, -0.05) is 24.6 Å². The van der Waals surface area contributed by atoms with Crippen molar-refractivity contribution in [3.05, 3.63) is 48.4 Å².